The summed E-state index contributed by atoms with van der Waals surface area (Å²) in [4.78, 5) is 17.5. The van der Waals surface area contributed by atoms with Gasteiger partial charge in [0.25, 0.3) is 0 Å². The molecule has 1 unspecified atom stereocenters. The van der Waals surface area contributed by atoms with Gasteiger partial charge in [0, 0.05) is 16.1 Å². The summed E-state index contributed by atoms with van der Waals surface area (Å²) >= 11 is 4.74. The molecule has 3 aromatic rings. The SMILES string of the molecule is COc1ccc(Br)cc1-c1nc(C(=O)N=S(C)(=O)c2ccccc2C)cs1. The summed E-state index contributed by atoms with van der Waals surface area (Å²) in [7, 11) is -1.28. The number of aryl methyl sites for hydroxylation is 1. The second-order valence-electron chi connectivity index (χ2n) is 5.85. The van der Waals surface area contributed by atoms with Crippen molar-refractivity contribution in [3.05, 3.63) is 63.6 Å². The summed E-state index contributed by atoms with van der Waals surface area (Å²) in [5.41, 5.74) is 1.77. The maximum atomic E-state index is 13.0. The molecular weight excluding hydrogens is 448 g/mol. The largest absolute Gasteiger partial charge is 0.496 e. The van der Waals surface area contributed by atoms with Crippen LogP contribution in [0.3, 0.4) is 0 Å². The number of benzene rings is 2. The van der Waals surface area contributed by atoms with Gasteiger partial charge in [-0.25, -0.2) is 9.19 Å². The Bertz CT molecular complexity index is 1130. The Balaban J connectivity index is 1.98. The van der Waals surface area contributed by atoms with E-state index in [1.54, 1.807) is 24.6 Å². The molecule has 1 aromatic heterocycles. The molecule has 0 fully saturated rings. The van der Waals surface area contributed by atoms with Gasteiger partial charge in [-0.05, 0) is 36.8 Å². The van der Waals surface area contributed by atoms with E-state index in [4.69, 9.17) is 4.74 Å². The van der Waals surface area contributed by atoms with Gasteiger partial charge in [-0.2, -0.15) is 4.36 Å². The standard InChI is InChI=1S/C19H17BrN2O3S2/c1-12-6-4-5-7-17(12)27(3,24)22-18(23)15-11-26-19(21-15)14-10-13(20)8-9-16(14)25-2/h4-11H,1-3H3. The van der Waals surface area contributed by atoms with E-state index in [0.29, 0.717) is 15.7 Å². The molecule has 0 aliphatic heterocycles. The summed E-state index contributed by atoms with van der Waals surface area (Å²) < 4.78 is 23.2. The minimum atomic E-state index is -2.86. The van der Waals surface area contributed by atoms with Crippen molar-refractivity contribution in [1.29, 1.82) is 0 Å². The number of aromatic nitrogens is 1. The van der Waals surface area contributed by atoms with Gasteiger partial charge in [-0.1, -0.05) is 34.1 Å². The van der Waals surface area contributed by atoms with E-state index in [1.807, 2.05) is 37.3 Å². The van der Waals surface area contributed by atoms with Crippen molar-refractivity contribution < 1.29 is 13.7 Å². The molecule has 1 amide bonds. The molecule has 8 heteroatoms. The fourth-order valence-electron chi connectivity index (χ4n) is 2.58. The Morgan fingerprint density at radius 3 is 2.70 bits per heavy atom. The quantitative estimate of drug-likeness (QED) is 0.532. The summed E-state index contributed by atoms with van der Waals surface area (Å²) in [6.45, 7) is 1.85. The van der Waals surface area contributed by atoms with Gasteiger partial charge in [0.1, 0.15) is 16.5 Å². The summed E-state index contributed by atoms with van der Waals surface area (Å²) in [6.07, 6.45) is 1.47. The molecule has 1 atom stereocenters. The maximum Gasteiger partial charge on any atom is 0.304 e. The second kappa shape index (κ2) is 7.92. The lowest BCUT2D eigenvalue weighted by Crippen LogP contribution is -2.05. The number of thiazole rings is 1. The van der Waals surface area contributed by atoms with E-state index in [-0.39, 0.29) is 5.69 Å². The van der Waals surface area contributed by atoms with Gasteiger partial charge in [0.15, 0.2) is 0 Å². The molecule has 2 aromatic carbocycles. The molecule has 0 bridgehead atoms. The first-order chi connectivity index (χ1) is 12.8. The highest BCUT2D eigenvalue weighted by Gasteiger charge is 2.17. The van der Waals surface area contributed by atoms with Crippen LogP contribution in [0.5, 0.6) is 5.75 Å². The summed E-state index contributed by atoms with van der Waals surface area (Å²) in [5.74, 6) is 0.0601. The molecule has 1 heterocycles. The fraction of sp³-hybridized carbons (Fsp3) is 0.158. The highest BCUT2D eigenvalue weighted by molar-refractivity contribution is 9.10. The molecule has 0 N–H and O–H groups in total. The second-order valence-corrected chi connectivity index (χ2v) is 9.85. The van der Waals surface area contributed by atoms with Crippen LogP contribution < -0.4 is 4.74 Å². The topological polar surface area (TPSA) is 68.6 Å². The zero-order chi connectivity index (χ0) is 19.6. The number of halogens is 1. The van der Waals surface area contributed by atoms with E-state index in [1.165, 1.54) is 17.6 Å². The van der Waals surface area contributed by atoms with Crippen molar-refractivity contribution >= 4 is 42.9 Å². The van der Waals surface area contributed by atoms with E-state index in [2.05, 4.69) is 25.3 Å². The zero-order valence-corrected chi connectivity index (χ0v) is 18.2. The van der Waals surface area contributed by atoms with Crippen LogP contribution in [-0.2, 0) is 9.73 Å². The Morgan fingerprint density at radius 2 is 2.00 bits per heavy atom. The van der Waals surface area contributed by atoms with E-state index >= 15 is 0 Å². The third-order valence-corrected chi connectivity index (χ3v) is 7.03. The molecular formula is C19H17BrN2O3S2. The van der Waals surface area contributed by atoms with Crippen LogP contribution in [0.2, 0.25) is 0 Å². The normalized spacial score (nSPS) is 13.0. The molecule has 0 spiro atoms. The average molecular weight is 465 g/mol. The highest BCUT2D eigenvalue weighted by Crippen LogP contribution is 2.34. The maximum absolute atomic E-state index is 13.0. The van der Waals surface area contributed by atoms with Gasteiger partial charge in [0.05, 0.1) is 27.3 Å². The van der Waals surface area contributed by atoms with Gasteiger partial charge in [-0.15, -0.1) is 11.3 Å². The van der Waals surface area contributed by atoms with Crippen LogP contribution in [0.1, 0.15) is 16.1 Å². The van der Waals surface area contributed by atoms with E-state index < -0.39 is 15.6 Å². The van der Waals surface area contributed by atoms with Crippen LogP contribution in [0, 0.1) is 6.92 Å². The minimum absolute atomic E-state index is 0.167. The lowest BCUT2D eigenvalue weighted by atomic mass is 10.2. The first-order valence-corrected chi connectivity index (χ1v) is 11.5. The number of rotatable bonds is 4. The van der Waals surface area contributed by atoms with Crippen molar-refractivity contribution in [2.75, 3.05) is 13.4 Å². The highest BCUT2D eigenvalue weighted by atomic mass is 79.9. The number of hydrogen-bond acceptors (Lipinski definition) is 5. The zero-order valence-electron chi connectivity index (χ0n) is 14.9. The first kappa shape index (κ1) is 19.7. The number of nitrogens with zero attached hydrogens (tertiary/aromatic N) is 2. The average Bonchev–Trinajstić information content (AvgIpc) is 3.11. The summed E-state index contributed by atoms with van der Waals surface area (Å²) in [5, 5.41) is 2.25. The molecule has 27 heavy (non-hydrogen) atoms. The molecule has 0 aliphatic rings. The van der Waals surface area contributed by atoms with Gasteiger partial charge in [-0.3, -0.25) is 4.79 Å². The molecule has 0 saturated carbocycles. The number of amides is 1. The number of hydrogen-bond donors (Lipinski definition) is 0. The Labute approximate surface area is 170 Å². The van der Waals surface area contributed by atoms with Crippen LogP contribution in [0.4, 0.5) is 0 Å². The number of methoxy groups -OCH3 is 1. The number of carbonyl (C=O) groups is 1. The Hall–Kier alpha value is -2.03. The first-order valence-electron chi connectivity index (χ1n) is 7.93. The van der Waals surface area contributed by atoms with Crippen LogP contribution in [0.15, 0.2) is 61.6 Å². The molecule has 3 rings (SSSR count). The Kier molecular flexibility index (Phi) is 5.78. The van der Waals surface area contributed by atoms with Crippen LogP contribution in [0.25, 0.3) is 10.6 Å². The van der Waals surface area contributed by atoms with Crippen LogP contribution >= 0.6 is 27.3 Å². The van der Waals surface area contributed by atoms with E-state index in [9.17, 15) is 9.00 Å². The van der Waals surface area contributed by atoms with Crippen molar-refractivity contribution in [2.24, 2.45) is 4.36 Å². The monoisotopic (exact) mass is 464 g/mol. The van der Waals surface area contributed by atoms with Gasteiger partial charge in [0.2, 0.25) is 0 Å². The smallest absolute Gasteiger partial charge is 0.304 e. The molecule has 5 nitrogen and oxygen atoms in total. The minimum Gasteiger partial charge on any atom is -0.496 e. The third-order valence-electron chi connectivity index (χ3n) is 3.87. The van der Waals surface area contributed by atoms with Crippen molar-refractivity contribution in [1.82, 2.24) is 4.98 Å². The number of carbonyl (C=O) groups excluding carboxylic acids is 1. The van der Waals surface area contributed by atoms with Gasteiger partial charge < -0.3 is 4.74 Å². The lowest BCUT2D eigenvalue weighted by molar-refractivity contribution is 0.100. The predicted octanol–water partition coefficient (Wildman–Crippen LogP) is 5.19. The molecule has 140 valence electrons. The summed E-state index contributed by atoms with van der Waals surface area (Å²) in [6, 6.07) is 12.8. The van der Waals surface area contributed by atoms with E-state index in [0.717, 1.165) is 15.6 Å². The number of ether oxygens (including phenoxy) is 1. The molecule has 0 aliphatic carbocycles. The van der Waals surface area contributed by atoms with Gasteiger partial charge >= 0.3 is 5.91 Å². The lowest BCUT2D eigenvalue weighted by Gasteiger charge is -2.07. The van der Waals surface area contributed by atoms with Crippen molar-refractivity contribution in [3.63, 3.8) is 0 Å². The predicted molar refractivity (Wildman–Crippen MR) is 112 cm³/mol. The van der Waals surface area contributed by atoms with Crippen LogP contribution in [-0.4, -0.2) is 28.5 Å². The van der Waals surface area contributed by atoms with Crippen molar-refractivity contribution in [3.8, 4) is 16.3 Å². The molecule has 0 radical (unpaired) electrons. The van der Waals surface area contributed by atoms with Crippen molar-refractivity contribution in [2.45, 2.75) is 11.8 Å². The fourth-order valence-corrected chi connectivity index (χ4v) is 5.26. The molecule has 0 saturated heterocycles. The Morgan fingerprint density at radius 1 is 1.26 bits per heavy atom. The third kappa shape index (κ3) is 4.28.